The Hall–Kier alpha value is -2.78. The van der Waals surface area contributed by atoms with Crippen molar-refractivity contribution in [2.75, 3.05) is 19.7 Å². The lowest BCUT2D eigenvalue weighted by Gasteiger charge is -2.24. The van der Waals surface area contributed by atoms with Crippen LogP contribution in [0.4, 0.5) is 0 Å². The lowest BCUT2D eigenvalue weighted by atomic mass is 9.80. The average Bonchev–Trinajstić information content (AvgIpc) is 3.48. The number of rotatable bonds is 6. The van der Waals surface area contributed by atoms with Gasteiger partial charge in [0, 0.05) is 36.7 Å². The number of ether oxygens (including phenoxy) is 1. The summed E-state index contributed by atoms with van der Waals surface area (Å²) >= 11 is 3.50. The second-order valence-electron chi connectivity index (χ2n) is 8.93. The topological polar surface area (TPSA) is 102 Å². The summed E-state index contributed by atoms with van der Waals surface area (Å²) in [5, 5.41) is 13.5. The van der Waals surface area contributed by atoms with Crippen LogP contribution in [-0.4, -0.2) is 56.8 Å². The van der Waals surface area contributed by atoms with Gasteiger partial charge in [-0.25, -0.2) is 4.98 Å². The van der Waals surface area contributed by atoms with Gasteiger partial charge >= 0.3 is 0 Å². The SMILES string of the molecule is CC(C)Oc1ncc(-c2nc(-c3cccc4c3CCC43CC(=O)N(CCO)C3)no2)cc1Br. The molecule has 1 atom stereocenters. The van der Waals surface area contributed by atoms with Crippen molar-refractivity contribution in [3.05, 3.63) is 46.1 Å². The van der Waals surface area contributed by atoms with Crippen LogP contribution in [-0.2, 0) is 16.6 Å². The molecule has 3 heterocycles. The minimum absolute atomic E-state index is 0.0176. The van der Waals surface area contributed by atoms with Gasteiger partial charge < -0.3 is 19.3 Å². The highest BCUT2D eigenvalue weighted by Crippen LogP contribution is 2.48. The molecule has 1 unspecified atom stereocenters. The second kappa shape index (κ2) is 8.53. The number of pyridine rings is 1. The highest BCUT2D eigenvalue weighted by Gasteiger charge is 2.48. The standard InChI is InChI=1S/C24H25BrN4O4/c1-14(2)32-23-19(25)10-15(12-26-23)22-27-21(28-33-22)17-4-3-5-18-16(17)6-7-24(18)11-20(31)29(13-24)8-9-30/h3-5,10,12,14,30H,6-9,11,13H2,1-2H3. The number of hydrogen-bond acceptors (Lipinski definition) is 7. The Morgan fingerprint density at radius 3 is 2.97 bits per heavy atom. The van der Waals surface area contributed by atoms with E-state index in [2.05, 4.69) is 37.1 Å². The number of halogens is 1. The van der Waals surface area contributed by atoms with Crippen LogP contribution in [0.15, 0.2) is 39.5 Å². The summed E-state index contributed by atoms with van der Waals surface area (Å²) in [6.07, 6.45) is 3.90. The van der Waals surface area contributed by atoms with E-state index >= 15 is 0 Å². The van der Waals surface area contributed by atoms with Crippen LogP contribution in [0.25, 0.3) is 22.8 Å². The van der Waals surface area contributed by atoms with Crippen molar-refractivity contribution >= 4 is 21.8 Å². The maximum atomic E-state index is 12.5. The number of aliphatic hydroxyl groups excluding tert-OH is 1. The third kappa shape index (κ3) is 3.93. The van der Waals surface area contributed by atoms with E-state index in [1.54, 1.807) is 11.1 Å². The van der Waals surface area contributed by atoms with E-state index in [9.17, 15) is 9.90 Å². The molecule has 9 heteroatoms. The maximum absolute atomic E-state index is 12.5. The molecule has 1 amide bonds. The van der Waals surface area contributed by atoms with Crippen molar-refractivity contribution in [1.82, 2.24) is 20.0 Å². The summed E-state index contributed by atoms with van der Waals surface area (Å²) in [4.78, 5) is 23.3. The number of carbonyl (C=O) groups is 1. The first-order chi connectivity index (χ1) is 15.9. The van der Waals surface area contributed by atoms with Gasteiger partial charge in [-0.05, 0) is 59.8 Å². The van der Waals surface area contributed by atoms with Gasteiger partial charge in [0.25, 0.3) is 5.89 Å². The van der Waals surface area contributed by atoms with E-state index in [4.69, 9.17) is 9.26 Å². The molecule has 1 fully saturated rings. The molecule has 3 aromatic rings. The number of benzene rings is 1. The first-order valence-electron chi connectivity index (χ1n) is 11.1. The van der Waals surface area contributed by atoms with Crippen molar-refractivity contribution in [2.45, 2.75) is 44.6 Å². The zero-order valence-electron chi connectivity index (χ0n) is 18.5. The third-order valence-corrected chi connectivity index (χ3v) is 6.94. The summed E-state index contributed by atoms with van der Waals surface area (Å²) in [5.41, 5.74) is 3.77. The third-order valence-electron chi connectivity index (χ3n) is 6.38. The Bertz CT molecular complexity index is 1210. The number of aromatic nitrogens is 3. The average molecular weight is 513 g/mol. The molecule has 1 aromatic carbocycles. The van der Waals surface area contributed by atoms with Crippen LogP contribution in [0.1, 0.15) is 37.8 Å². The lowest BCUT2D eigenvalue weighted by Crippen LogP contribution is -2.32. The van der Waals surface area contributed by atoms with E-state index in [0.717, 1.165) is 18.4 Å². The Labute approximate surface area is 200 Å². The number of hydrogen-bond donors (Lipinski definition) is 1. The zero-order chi connectivity index (χ0) is 23.2. The molecule has 172 valence electrons. The van der Waals surface area contributed by atoms with E-state index in [-0.39, 0.29) is 24.0 Å². The van der Waals surface area contributed by atoms with Gasteiger partial charge in [-0.15, -0.1) is 0 Å². The predicted molar refractivity (Wildman–Crippen MR) is 125 cm³/mol. The number of nitrogens with zero attached hydrogens (tertiary/aromatic N) is 4. The summed E-state index contributed by atoms with van der Waals surface area (Å²) in [6.45, 7) is 4.90. The normalized spacial score (nSPS) is 19.7. The van der Waals surface area contributed by atoms with Crippen molar-refractivity contribution < 1.29 is 19.2 Å². The molecule has 5 rings (SSSR count). The van der Waals surface area contributed by atoms with Gasteiger partial charge in [0.1, 0.15) is 0 Å². The molecule has 0 saturated carbocycles. The Morgan fingerprint density at radius 1 is 1.36 bits per heavy atom. The quantitative estimate of drug-likeness (QED) is 0.536. The highest BCUT2D eigenvalue weighted by molar-refractivity contribution is 9.10. The lowest BCUT2D eigenvalue weighted by molar-refractivity contribution is -0.128. The monoisotopic (exact) mass is 512 g/mol. The number of amides is 1. The Kier molecular flexibility index (Phi) is 5.70. The number of β-amino-alcohol motifs (C(OH)–C–C–N with tert-alkyl or cyclic N) is 1. The molecule has 2 aliphatic rings. The first-order valence-corrected chi connectivity index (χ1v) is 11.9. The van der Waals surface area contributed by atoms with Crippen molar-refractivity contribution in [3.63, 3.8) is 0 Å². The molecule has 0 bridgehead atoms. The minimum atomic E-state index is -0.203. The van der Waals surface area contributed by atoms with Crippen LogP contribution >= 0.6 is 15.9 Å². The number of carbonyl (C=O) groups excluding carboxylic acids is 1. The molecular weight excluding hydrogens is 488 g/mol. The molecular formula is C24H25BrN4O4. The van der Waals surface area contributed by atoms with Crippen molar-refractivity contribution in [2.24, 2.45) is 0 Å². The fourth-order valence-electron chi connectivity index (χ4n) is 4.95. The largest absolute Gasteiger partial charge is 0.474 e. The van der Waals surface area contributed by atoms with E-state index < -0.39 is 0 Å². The number of likely N-dealkylation sites (tertiary alicyclic amines) is 1. The predicted octanol–water partition coefficient (Wildman–Crippen LogP) is 3.76. The van der Waals surface area contributed by atoms with Crippen LogP contribution in [0.5, 0.6) is 5.88 Å². The van der Waals surface area contributed by atoms with Gasteiger partial charge in [0.2, 0.25) is 17.6 Å². The highest BCUT2D eigenvalue weighted by atomic mass is 79.9. The molecule has 1 aliphatic heterocycles. The second-order valence-corrected chi connectivity index (χ2v) is 9.78. The molecule has 8 nitrogen and oxygen atoms in total. The van der Waals surface area contributed by atoms with Gasteiger partial charge in [0.15, 0.2) is 0 Å². The minimum Gasteiger partial charge on any atom is -0.474 e. The molecule has 1 aliphatic carbocycles. The van der Waals surface area contributed by atoms with E-state index in [0.29, 0.717) is 47.1 Å². The van der Waals surface area contributed by atoms with Crippen LogP contribution < -0.4 is 4.74 Å². The fraction of sp³-hybridized carbons (Fsp3) is 0.417. The summed E-state index contributed by atoms with van der Waals surface area (Å²) < 4.78 is 12.0. The molecule has 1 N–H and O–H groups in total. The molecule has 1 saturated heterocycles. The summed E-state index contributed by atoms with van der Waals surface area (Å²) in [7, 11) is 0. The molecule has 0 radical (unpaired) electrons. The van der Waals surface area contributed by atoms with Gasteiger partial charge in [-0.2, -0.15) is 4.98 Å². The smallest absolute Gasteiger partial charge is 0.259 e. The summed E-state index contributed by atoms with van der Waals surface area (Å²) in [6, 6.07) is 7.96. The summed E-state index contributed by atoms with van der Waals surface area (Å²) in [5.74, 6) is 1.52. The molecule has 2 aromatic heterocycles. The van der Waals surface area contributed by atoms with Crippen LogP contribution in [0, 0.1) is 0 Å². The van der Waals surface area contributed by atoms with Gasteiger partial charge in [-0.1, -0.05) is 23.4 Å². The Balaban J connectivity index is 1.45. The molecule has 1 spiro atoms. The van der Waals surface area contributed by atoms with Crippen molar-refractivity contribution in [3.8, 4) is 28.7 Å². The fourth-order valence-corrected chi connectivity index (χ4v) is 5.39. The van der Waals surface area contributed by atoms with Gasteiger partial charge in [0.05, 0.1) is 22.7 Å². The zero-order valence-corrected chi connectivity index (χ0v) is 20.1. The van der Waals surface area contributed by atoms with Crippen molar-refractivity contribution in [1.29, 1.82) is 0 Å². The first kappa shape index (κ1) is 22.0. The maximum Gasteiger partial charge on any atom is 0.259 e. The van der Waals surface area contributed by atoms with Gasteiger partial charge in [-0.3, -0.25) is 4.79 Å². The molecule has 33 heavy (non-hydrogen) atoms. The number of aliphatic hydroxyl groups is 1. The number of fused-ring (bicyclic) bond motifs is 2. The van der Waals surface area contributed by atoms with Crippen LogP contribution in [0.2, 0.25) is 0 Å². The Morgan fingerprint density at radius 2 is 2.21 bits per heavy atom. The van der Waals surface area contributed by atoms with E-state index in [1.807, 2.05) is 32.0 Å². The van der Waals surface area contributed by atoms with Crippen LogP contribution in [0.3, 0.4) is 0 Å². The van der Waals surface area contributed by atoms with E-state index in [1.165, 1.54) is 11.1 Å².